The number of carbonyl (C=O) groups excluding carboxylic acids is 1. The topological polar surface area (TPSA) is 42.1 Å². The third-order valence-electron chi connectivity index (χ3n) is 2.70. The minimum atomic E-state index is -0.493. The van der Waals surface area contributed by atoms with Gasteiger partial charge in [-0.05, 0) is 39.3 Å². The van der Waals surface area contributed by atoms with Crippen molar-refractivity contribution in [3.63, 3.8) is 0 Å². The van der Waals surface area contributed by atoms with E-state index in [0.717, 1.165) is 16.5 Å². The standard InChI is InChI=1S/C14H17NO2/c1-9-6-5-7-10-11(8-15-12(9)10)17-13(16)14(2,3)4/h5-8,15H,1-4H3. The van der Waals surface area contributed by atoms with E-state index < -0.39 is 5.41 Å². The Morgan fingerprint density at radius 1 is 1.29 bits per heavy atom. The molecule has 2 rings (SSSR count). The monoisotopic (exact) mass is 231 g/mol. The smallest absolute Gasteiger partial charge is 0.316 e. The van der Waals surface area contributed by atoms with Crippen molar-refractivity contribution in [2.75, 3.05) is 0 Å². The van der Waals surface area contributed by atoms with E-state index in [1.165, 1.54) is 0 Å². The van der Waals surface area contributed by atoms with E-state index >= 15 is 0 Å². The maximum Gasteiger partial charge on any atom is 0.316 e. The summed E-state index contributed by atoms with van der Waals surface area (Å²) in [4.78, 5) is 15.0. The van der Waals surface area contributed by atoms with Crippen molar-refractivity contribution in [1.29, 1.82) is 0 Å². The van der Waals surface area contributed by atoms with Gasteiger partial charge in [0.25, 0.3) is 0 Å². The number of aromatic amines is 1. The Kier molecular flexibility index (Phi) is 2.69. The first-order valence-corrected chi connectivity index (χ1v) is 5.68. The highest BCUT2D eigenvalue weighted by Crippen LogP contribution is 2.29. The van der Waals surface area contributed by atoms with E-state index in [1.54, 1.807) is 6.20 Å². The van der Waals surface area contributed by atoms with Crippen molar-refractivity contribution in [1.82, 2.24) is 4.98 Å². The molecular formula is C14H17NO2. The normalized spacial score (nSPS) is 11.8. The van der Waals surface area contributed by atoms with E-state index in [1.807, 2.05) is 45.9 Å². The number of ether oxygens (including phenoxy) is 1. The van der Waals surface area contributed by atoms with Crippen LogP contribution in [0.25, 0.3) is 10.9 Å². The lowest BCUT2D eigenvalue weighted by Crippen LogP contribution is -2.25. The van der Waals surface area contributed by atoms with Gasteiger partial charge in [-0.1, -0.05) is 12.1 Å². The molecular weight excluding hydrogens is 214 g/mol. The van der Waals surface area contributed by atoms with E-state index in [-0.39, 0.29) is 5.97 Å². The summed E-state index contributed by atoms with van der Waals surface area (Å²) in [5.41, 5.74) is 1.66. The van der Waals surface area contributed by atoms with Gasteiger partial charge in [0.05, 0.1) is 10.9 Å². The average Bonchev–Trinajstić information content (AvgIpc) is 2.62. The Bertz CT molecular complexity index is 561. The lowest BCUT2D eigenvalue weighted by Gasteiger charge is -2.15. The van der Waals surface area contributed by atoms with Crippen LogP contribution in [0, 0.1) is 12.3 Å². The molecule has 0 radical (unpaired) electrons. The van der Waals surface area contributed by atoms with Gasteiger partial charge < -0.3 is 9.72 Å². The van der Waals surface area contributed by atoms with Gasteiger partial charge in [-0.3, -0.25) is 4.79 Å². The van der Waals surface area contributed by atoms with Crippen molar-refractivity contribution >= 4 is 16.9 Å². The Hall–Kier alpha value is -1.77. The van der Waals surface area contributed by atoms with Crippen LogP contribution in [0.3, 0.4) is 0 Å². The van der Waals surface area contributed by atoms with Gasteiger partial charge in [-0.25, -0.2) is 0 Å². The van der Waals surface area contributed by atoms with Gasteiger partial charge >= 0.3 is 5.97 Å². The molecule has 0 spiro atoms. The number of benzene rings is 1. The molecule has 90 valence electrons. The molecule has 0 saturated carbocycles. The van der Waals surface area contributed by atoms with Gasteiger partial charge in [0, 0.05) is 11.6 Å². The highest BCUT2D eigenvalue weighted by Gasteiger charge is 2.24. The van der Waals surface area contributed by atoms with Crippen LogP contribution >= 0.6 is 0 Å². The number of carbonyl (C=O) groups is 1. The number of aryl methyl sites for hydroxylation is 1. The van der Waals surface area contributed by atoms with Crippen molar-refractivity contribution in [2.45, 2.75) is 27.7 Å². The quantitative estimate of drug-likeness (QED) is 0.764. The zero-order valence-electron chi connectivity index (χ0n) is 10.6. The Labute approximate surface area is 101 Å². The number of para-hydroxylation sites is 1. The fourth-order valence-corrected chi connectivity index (χ4v) is 1.62. The average molecular weight is 231 g/mol. The molecule has 3 heteroatoms. The molecule has 1 heterocycles. The molecule has 0 unspecified atom stereocenters. The van der Waals surface area contributed by atoms with Gasteiger partial charge in [-0.2, -0.15) is 0 Å². The number of nitrogens with one attached hydrogen (secondary N) is 1. The molecule has 0 aliphatic rings. The summed E-state index contributed by atoms with van der Waals surface area (Å²) in [5, 5.41) is 0.947. The maximum absolute atomic E-state index is 11.8. The predicted octanol–water partition coefficient (Wildman–Crippen LogP) is 3.43. The summed E-state index contributed by atoms with van der Waals surface area (Å²) in [6.45, 7) is 7.55. The summed E-state index contributed by atoms with van der Waals surface area (Å²) in [6, 6.07) is 5.93. The zero-order chi connectivity index (χ0) is 12.6. The summed E-state index contributed by atoms with van der Waals surface area (Å²) in [7, 11) is 0. The fourth-order valence-electron chi connectivity index (χ4n) is 1.62. The molecule has 1 N–H and O–H groups in total. The molecule has 0 aliphatic heterocycles. The Balaban J connectivity index is 2.38. The second-order valence-corrected chi connectivity index (χ2v) is 5.29. The van der Waals surface area contributed by atoms with E-state index in [0.29, 0.717) is 5.75 Å². The number of hydrogen-bond donors (Lipinski definition) is 1. The van der Waals surface area contributed by atoms with E-state index in [2.05, 4.69) is 4.98 Å². The maximum atomic E-state index is 11.8. The van der Waals surface area contributed by atoms with Gasteiger partial charge in [0.2, 0.25) is 0 Å². The molecule has 0 amide bonds. The summed E-state index contributed by atoms with van der Waals surface area (Å²) in [6.07, 6.45) is 1.74. The number of esters is 1. The number of aromatic nitrogens is 1. The van der Waals surface area contributed by atoms with Crippen LogP contribution in [0.1, 0.15) is 26.3 Å². The van der Waals surface area contributed by atoms with E-state index in [4.69, 9.17) is 4.74 Å². The van der Waals surface area contributed by atoms with E-state index in [9.17, 15) is 4.79 Å². The molecule has 0 bridgehead atoms. The van der Waals surface area contributed by atoms with Crippen molar-refractivity contribution in [2.24, 2.45) is 5.41 Å². The lowest BCUT2D eigenvalue weighted by atomic mass is 9.97. The molecule has 0 aliphatic carbocycles. The van der Waals surface area contributed by atoms with Gasteiger partial charge in [0.15, 0.2) is 5.75 Å². The molecule has 0 saturated heterocycles. The molecule has 0 atom stereocenters. The first-order valence-electron chi connectivity index (χ1n) is 5.68. The number of hydrogen-bond acceptors (Lipinski definition) is 2. The summed E-state index contributed by atoms with van der Waals surface area (Å²) >= 11 is 0. The van der Waals surface area contributed by atoms with Crippen LogP contribution in [-0.2, 0) is 4.79 Å². The molecule has 3 nitrogen and oxygen atoms in total. The molecule has 0 fully saturated rings. The lowest BCUT2D eigenvalue weighted by molar-refractivity contribution is -0.142. The second kappa shape index (κ2) is 3.91. The Morgan fingerprint density at radius 3 is 2.65 bits per heavy atom. The Morgan fingerprint density at radius 2 is 2.00 bits per heavy atom. The SMILES string of the molecule is Cc1cccc2c(OC(=O)C(C)(C)C)c[nH]c12. The third-order valence-corrected chi connectivity index (χ3v) is 2.70. The molecule has 2 aromatic rings. The fraction of sp³-hybridized carbons (Fsp3) is 0.357. The van der Waals surface area contributed by atoms with Crippen molar-refractivity contribution in [3.8, 4) is 5.75 Å². The number of H-pyrrole nitrogens is 1. The van der Waals surface area contributed by atoms with Gasteiger partial charge in [-0.15, -0.1) is 0 Å². The number of fused-ring (bicyclic) bond motifs is 1. The van der Waals surface area contributed by atoms with Crippen LogP contribution in [0.2, 0.25) is 0 Å². The molecule has 1 aromatic heterocycles. The minimum Gasteiger partial charge on any atom is -0.424 e. The highest BCUT2D eigenvalue weighted by atomic mass is 16.5. The third kappa shape index (κ3) is 2.18. The van der Waals surface area contributed by atoms with Crippen molar-refractivity contribution < 1.29 is 9.53 Å². The van der Waals surface area contributed by atoms with Crippen molar-refractivity contribution in [3.05, 3.63) is 30.0 Å². The van der Waals surface area contributed by atoms with Crippen LogP contribution < -0.4 is 4.74 Å². The van der Waals surface area contributed by atoms with Crippen LogP contribution in [0.5, 0.6) is 5.75 Å². The summed E-state index contributed by atoms with van der Waals surface area (Å²) in [5.74, 6) is 0.378. The first-order chi connectivity index (χ1) is 7.89. The molecule has 17 heavy (non-hydrogen) atoms. The summed E-state index contributed by atoms with van der Waals surface area (Å²) < 4.78 is 5.42. The predicted molar refractivity (Wildman–Crippen MR) is 68.1 cm³/mol. The molecule has 1 aromatic carbocycles. The second-order valence-electron chi connectivity index (χ2n) is 5.29. The first kappa shape index (κ1) is 11.7. The minimum absolute atomic E-state index is 0.222. The van der Waals surface area contributed by atoms with Crippen LogP contribution in [-0.4, -0.2) is 11.0 Å². The zero-order valence-corrected chi connectivity index (χ0v) is 10.6. The highest BCUT2D eigenvalue weighted by molar-refractivity contribution is 5.91. The van der Waals surface area contributed by atoms with Gasteiger partial charge in [0.1, 0.15) is 0 Å². The van der Waals surface area contributed by atoms with Crippen LogP contribution in [0.15, 0.2) is 24.4 Å². The largest absolute Gasteiger partial charge is 0.424 e. The van der Waals surface area contributed by atoms with Crippen LogP contribution in [0.4, 0.5) is 0 Å². The number of rotatable bonds is 1.